The van der Waals surface area contributed by atoms with Gasteiger partial charge in [-0.3, -0.25) is 0 Å². The predicted octanol–water partition coefficient (Wildman–Crippen LogP) is 4.36. The molecule has 0 amide bonds. The van der Waals surface area contributed by atoms with Crippen molar-refractivity contribution in [3.8, 4) is 22.9 Å². The summed E-state index contributed by atoms with van der Waals surface area (Å²) in [6.07, 6.45) is 7.63. The summed E-state index contributed by atoms with van der Waals surface area (Å²) in [6.45, 7) is 0. The number of hydrogen-bond donors (Lipinski definition) is 2. The van der Waals surface area contributed by atoms with Crippen LogP contribution in [0.2, 0.25) is 0 Å². The standard InChI is InChI=1S/C22H14N4O2.Pt/c27-17-5-1-3-13-7-9-25-11-15(23-21(25)19(13)17)16-12-26-10-8-14-4-2-6-18(28)20(14)22(26)24-16;/h1-12,27-28H;. The Hall–Kier alpha value is -3.37. The van der Waals surface area contributed by atoms with Crippen LogP contribution in [-0.4, -0.2) is 29.0 Å². The zero-order chi connectivity index (χ0) is 18.8. The number of aromatic nitrogens is 4. The number of hydrogen-bond acceptors (Lipinski definition) is 4. The van der Waals surface area contributed by atoms with Crippen LogP contribution in [0, 0.1) is 0 Å². The van der Waals surface area contributed by atoms with Gasteiger partial charge in [0.1, 0.15) is 34.2 Å². The van der Waals surface area contributed by atoms with Gasteiger partial charge in [0.25, 0.3) is 0 Å². The number of benzene rings is 2. The third-order valence-electron chi connectivity index (χ3n) is 5.15. The van der Waals surface area contributed by atoms with Crippen molar-refractivity contribution < 1.29 is 31.3 Å². The average Bonchev–Trinajstić information content (AvgIpc) is 3.32. The van der Waals surface area contributed by atoms with Crippen LogP contribution in [0.25, 0.3) is 44.2 Å². The molecular weight excluding hydrogens is 547 g/mol. The molecule has 0 fully saturated rings. The maximum Gasteiger partial charge on any atom is 0.149 e. The van der Waals surface area contributed by atoms with Crippen molar-refractivity contribution in [1.82, 2.24) is 18.8 Å². The van der Waals surface area contributed by atoms with Crippen LogP contribution < -0.4 is 0 Å². The molecule has 4 aromatic heterocycles. The number of rotatable bonds is 1. The van der Waals surface area contributed by atoms with E-state index in [1.165, 1.54) is 0 Å². The molecule has 144 valence electrons. The van der Waals surface area contributed by atoms with E-state index in [2.05, 4.69) is 0 Å². The van der Waals surface area contributed by atoms with Gasteiger partial charge in [0.05, 0.1) is 10.8 Å². The minimum atomic E-state index is 0. The maximum absolute atomic E-state index is 10.3. The number of fused-ring (bicyclic) bond motifs is 6. The first-order chi connectivity index (χ1) is 13.7. The molecule has 0 aliphatic rings. The molecule has 29 heavy (non-hydrogen) atoms. The largest absolute Gasteiger partial charge is 0.507 e. The molecule has 0 spiro atoms. The first kappa shape index (κ1) is 17.7. The van der Waals surface area contributed by atoms with Crippen LogP contribution in [0.5, 0.6) is 11.5 Å². The third-order valence-corrected chi connectivity index (χ3v) is 5.15. The van der Waals surface area contributed by atoms with Crippen LogP contribution in [0.1, 0.15) is 0 Å². The summed E-state index contributed by atoms with van der Waals surface area (Å²) in [5.74, 6) is 0.400. The van der Waals surface area contributed by atoms with E-state index in [4.69, 9.17) is 9.97 Å². The van der Waals surface area contributed by atoms with Crippen molar-refractivity contribution >= 4 is 32.8 Å². The molecule has 7 heteroatoms. The molecule has 6 rings (SSSR count). The van der Waals surface area contributed by atoms with E-state index in [0.29, 0.717) is 33.5 Å². The normalized spacial score (nSPS) is 11.4. The fourth-order valence-corrected chi connectivity index (χ4v) is 3.83. The van der Waals surface area contributed by atoms with Gasteiger partial charge in [0, 0.05) is 45.9 Å². The fraction of sp³-hybridized carbons (Fsp3) is 0. The Bertz CT molecular complexity index is 1430. The van der Waals surface area contributed by atoms with Gasteiger partial charge in [-0.25, -0.2) is 9.97 Å². The molecule has 0 bridgehead atoms. The number of pyridine rings is 2. The quantitative estimate of drug-likeness (QED) is 0.313. The minimum absolute atomic E-state index is 0. The molecule has 6 nitrogen and oxygen atoms in total. The molecule has 0 radical (unpaired) electrons. The van der Waals surface area contributed by atoms with Crippen molar-refractivity contribution in [2.45, 2.75) is 0 Å². The van der Waals surface area contributed by atoms with Crippen molar-refractivity contribution in [3.63, 3.8) is 0 Å². The van der Waals surface area contributed by atoms with Gasteiger partial charge in [0.15, 0.2) is 0 Å². The first-order valence-electron chi connectivity index (χ1n) is 8.88. The molecule has 0 aliphatic heterocycles. The van der Waals surface area contributed by atoms with Crippen molar-refractivity contribution in [2.75, 3.05) is 0 Å². The Kier molecular flexibility index (Phi) is 3.86. The Labute approximate surface area is 179 Å². The van der Waals surface area contributed by atoms with E-state index in [9.17, 15) is 10.2 Å². The summed E-state index contributed by atoms with van der Waals surface area (Å²) in [5.41, 5.74) is 2.75. The smallest absolute Gasteiger partial charge is 0.149 e. The van der Waals surface area contributed by atoms with E-state index < -0.39 is 0 Å². The van der Waals surface area contributed by atoms with Crippen LogP contribution in [0.15, 0.2) is 73.3 Å². The van der Waals surface area contributed by atoms with Gasteiger partial charge in [-0.15, -0.1) is 0 Å². The van der Waals surface area contributed by atoms with Crippen molar-refractivity contribution in [2.24, 2.45) is 0 Å². The molecule has 2 N–H and O–H groups in total. The van der Waals surface area contributed by atoms with Crippen LogP contribution in [0.4, 0.5) is 0 Å². The molecule has 0 aliphatic carbocycles. The average molecular weight is 561 g/mol. The maximum atomic E-state index is 10.3. The zero-order valence-electron chi connectivity index (χ0n) is 14.9. The monoisotopic (exact) mass is 561 g/mol. The summed E-state index contributed by atoms with van der Waals surface area (Å²) in [6, 6.07) is 14.8. The number of phenols is 2. The predicted molar refractivity (Wildman–Crippen MR) is 108 cm³/mol. The van der Waals surface area contributed by atoms with E-state index in [0.717, 1.165) is 10.8 Å². The van der Waals surface area contributed by atoms with Gasteiger partial charge in [0.2, 0.25) is 0 Å². The number of phenolic OH excluding ortho intramolecular Hbond substituents is 2. The van der Waals surface area contributed by atoms with Crippen LogP contribution in [0.3, 0.4) is 0 Å². The van der Waals surface area contributed by atoms with E-state index in [1.807, 2.05) is 70.0 Å². The van der Waals surface area contributed by atoms with Gasteiger partial charge in [-0.2, -0.15) is 0 Å². The van der Waals surface area contributed by atoms with E-state index in [1.54, 1.807) is 12.1 Å². The summed E-state index contributed by atoms with van der Waals surface area (Å²) in [7, 11) is 0. The summed E-state index contributed by atoms with van der Waals surface area (Å²) >= 11 is 0. The second-order valence-corrected chi connectivity index (χ2v) is 6.83. The Morgan fingerprint density at radius 1 is 0.621 bits per heavy atom. The Morgan fingerprint density at radius 2 is 1.07 bits per heavy atom. The van der Waals surface area contributed by atoms with Gasteiger partial charge in [-0.1, -0.05) is 24.3 Å². The topological polar surface area (TPSA) is 75.1 Å². The van der Waals surface area contributed by atoms with Crippen LogP contribution >= 0.6 is 0 Å². The van der Waals surface area contributed by atoms with Gasteiger partial charge >= 0.3 is 0 Å². The number of nitrogens with zero attached hydrogens (tertiary/aromatic N) is 4. The minimum Gasteiger partial charge on any atom is -0.507 e. The molecular formula is C22H14N4O2Pt. The molecule has 0 saturated carbocycles. The molecule has 6 aromatic rings. The summed E-state index contributed by atoms with van der Waals surface area (Å²) in [4.78, 5) is 9.47. The van der Waals surface area contributed by atoms with E-state index >= 15 is 0 Å². The Morgan fingerprint density at radius 3 is 1.52 bits per heavy atom. The van der Waals surface area contributed by atoms with Crippen molar-refractivity contribution in [1.29, 1.82) is 0 Å². The van der Waals surface area contributed by atoms with Gasteiger partial charge in [-0.05, 0) is 35.0 Å². The third kappa shape index (κ3) is 2.53. The number of imidazole rings is 2. The second kappa shape index (κ2) is 6.32. The fourth-order valence-electron chi connectivity index (χ4n) is 3.83. The first-order valence-corrected chi connectivity index (χ1v) is 8.88. The second-order valence-electron chi connectivity index (χ2n) is 6.83. The molecule has 0 unspecified atom stereocenters. The summed E-state index contributed by atoms with van der Waals surface area (Å²) < 4.78 is 3.77. The molecule has 0 saturated heterocycles. The summed E-state index contributed by atoms with van der Waals surface area (Å²) in [5, 5.41) is 23.9. The SMILES string of the molecule is Oc1cccc2ccn3cc(-c4cn5ccc6cccc(O)c6c5n4)nc3c12.[Pt]. The molecule has 2 aromatic carbocycles. The van der Waals surface area contributed by atoms with Crippen LogP contribution in [-0.2, 0) is 21.1 Å². The number of aromatic hydroxyl groups is 2. The Balaban J connectivity index is 0.00000181. The van der Waals surface area contributed by atoms with Crippen molar-refractivity contribution in [3.05, 3.63) is 73.3 Å². The molecule has 4 heterocycles. The van der Waals surface area contributed by atoms with E-state index in [-0.39, 0.29) is 32.6 Å². The van der Waals surface area contributed by atoms with Gasteiger partial charge < -0.3 is 19.0 Å². The zero-order valence-corrected chi connectivity index (χ0v) is 17.2. The molecule has 0 atom stereocenters.